The second-order valence-electron chi connectivity index (χ2n) is 5.49. The zero-order valence-corrected chi connectivity index (χ0v) is 13.1. The number of rotatable bonds is 5. The van der Waals surface area contributed by atoms with Crippen LogP contribution in [-0.2, 0) is 11.3 Å². The van der Waals surface area contributed by atoms with E-state index in [4.69, 9.17) is 9.47 Å². The molecule has 122 valence electrons. The topological polar surface area (TPSA) is 69.5 Å². The van der Waals surface area contributed by atoms with E-state index in [9.17, 15) is 4.79 Å². The summed E-state index contributed by atoms with van der Waals surface area (Å²) in [7, 11) is 1.54. The van der Waals surface area contributed by atoms with Gasteiger partial charge in [-0.15, -0.1) is 10.2 Å². The number of hydrogen-bond donors (Lipinski definition) is 0. The van der Waals surface area contributed by atoms with Gasteiger partial charge in [0.25, 0.3) is 0 Å². The Hall–Kier alpha value is -2.57. The third kappa shape index (κ3) is 4.00. The maximum absolute atomic E-state index is 12.4. The molecular formula is C16H20N4O3. The van der Waals surface area contributed by atoms with Gasteiger partial charge in [-0.05, 0) is 25.0 Å². The van der Waals surface area contributed by atoms with Crippen molar-refractivity contribution in [3.63, 3.8) is 0 Å². The van der Waals surface area contributed by atoms with Gasteiger partial charge in [0.1, 0.15) is 12.6 Å². The van der Waals surface area contributed by atoms with E-state index in [0.29, 0.717) is 24.8 Å². The molecule has 7 heteroatoms. The van der Waals surface area contributed by atoms with Gasteiger partial charge in [-0.2, -0.15) is 0 Å². The van der Waals surface area contributed by atoms with Crippen molar-refractivity contribution in [2.75, 3.05) is 20.2 Å². The normalized spacial score (nSPS) is 17.8. The molecule has 1 fully saturated rings. The molecular weight excluding hydrogens is 296 g/mol. The van der Waals surface area contributed by atoms with E-state index in [-0.39, 0.29) is 12.0 Å². The van der Waals surface area contributed by atoms with Crippen LogP contribution in [-0.4, -0.2) is 51.9 Å². The summed E-state index contributed by atoms with van der Waals surface area (Å²) < 4.78 is 12.7. The zero-order chi connectivity index (χ0) is 16.1. The maximum atomic E-state index is 12.4. The Bertz CT molecular complexity index is 627. The van der Waals surface area contributed by atoms with Crippen molar-refractivity contribution in [3.05, 3.63) is 36.7 Å². The molecule has 1 aliphatic rings. The molecule has 23 heavy (non-hydrogen) atoms. The minimum Gasteiger partial charge on any atom is -0.480 e. The maximum Gasteiger partial charge on any atom is 0.242 e. The molecule has 1 unspecified atom stereocenters. The molecule has 0 aromatic carbocycles. The molecule has 0 bridgehead atoms. The zero-order valence-electron chi connectivity index (χ0n) is 13.1. The van der Waals surface area contributed by atoms with E-state index in [1.54, 1.807) is 19.2 Å². The molecule has 0 radical (unpaired) electrons. The Morgan fingerprint density at radius 1 is 1.26 bits per heavy atom. The highest BCUT2D eigenvalue weighted by Crippen LogP contribution is 2.18. The molecule has 0 spiro atoms. The number of methoxy groups -OCH3 is 1. The number of carbonyl (C=O) groups is 1. The predicted octanol–water partition coefficient (Wildman–Crippen LogP) is 1.36. The second kappa shape index (κ2) is 7.13. The van der Waals surface area contributed by atoms with Crippen molar-refractivity contribution in [3.8, 4) is 11.8 Å². The highest BCUT2D eigenvalue weighted by atomic mass is 16.5. The average Bonchev–Trinajstić information content (AvgIpc) is 3.09. The largest absolute Gasteiger partial charge is 0.480 e. The lowest BCUT2D eigenvalue weighted by molar-refractivity contribution is -0.134. The summed E-state index contributed by atoms with van der Waals surface area (Å²) in [5, 5.41) is 7.86. The fourth-order valence-electron chi connectivity index (χ4n) is 2.64. The quantitative estimate of drug-likeness (QED) is 0.833. The minimum atomic E-state index is -0.0555. The van der Waals surface area contributed by atoms with Crippen LogP contribution in [0.1, 0.15) is 12.8 Å². The summed E-state index contributed by atoms with van der Waals surface area (Å²) in [6.45, 7) is 1.71. The number of likely N-dealkylation sites (tertiary alicyclic amines) is 1. The Morgan fingerprint density at radius 3 is 2.70 bits per heavy atom. The molecule has 0 N–H and O–H groups in total. The van der Waals surface area contributed by atoms with Gasteiger partial charge in [0, 0.05) is 31.1 Å². The summed E-state index contributed by atoms with van der Waals surface area (Å²) in [6, 6.07) is 7.27. The van der Waals surface area contributed by atoms with E-state index < -0.39 is 0 Å². The smallest absolute Gasteiger partial charge is 0.242 e. The van der Waals surface area contributed by atoms with Gasteiger partial charge >= 0.3 is 0 Å². The van der Waals surface area contributed by atoms with E-state index >= 15 is 0 Å². The van der Waals surface area contributed by atoms with Crippen LogP contribution in [0.3, 0.4) is 0 Å². The third-order valence-electron chi connectivity index (χ3n) is 3.83. The van der Waals surface area contributed by atoms with Crippen molar-refractivity contribution in [1.82, 2.24) is 19.7 Å². The monoisotopic (exact) mass is 316 g/mol. The lowest BCUT2D eigenvalue weighted by Gasteiger charge is -2.32. The van der Waals surface area contributed by atoms with E-state index in [2.05, 4.69) is 10.2 Å². The average molecular weight is 316 g/mol. The number of amides is 1. The van der Waals surface area contributed by atoms with Crippen LogP contribution in [0.15, 0.2) is 36.7 Å². The van der Waals surface area contributed by atoms with Gasteiger partial charge in [-0.25, -0.2) is 0 Å². The molecule has 2 aromatic rings. The molecule has 0 saturated carbocycles. The highest BCUT2D eigenvalue weighted by Gasteiger charge is 2.25. The number of piperidine rings is 1. The summed E-state index contributed by atoms with van der Waals surface area (Å²) >= 11 is 0. The van der Waals surface area contributed by atoms with Crippen LogP contribution in [0.2, 0.25) is 0 Å². The predicted molar refractivity (Wildman–Crippen MR) is 83.2 cm³/mol. The summed E-state index contributed by atoms with van der Waals surface area (Å²) in [5.74, 6) is 1.01. The van der Waals surface area contributed by atoms with Crippen molar-refractivity contribution < 1.29 is 14.3 Å². The minimum absolute atomic E-state index is 0.0555. The first-order valence-electron chi connectivity index (χ1n) is 7.67. The Kier molecular flexibility index (Phi) is 4.75. The van der Waals surface area contributed by atoms with Gasteiger partial charge in [-0.1, -0.05) is 0 Å². The van der Waals surface area contributed by atoms with Crippen LogP contribution in [0, 0.1) is 0 Å². The van der Waals surface area contributed by atoms with Gasteiger partial charge in [0.15, 0.2) is 0 Å². The SMILES string of the molecule is COc1ccc(OC2CCCN(C(=O)Cn3cccc3)C2)nn1. The van der Waals surface area contributed by atoms with Crippen LogP contribution in [0.5, 0.6) is 11.8 Å². The van der Waals surface area contributed by atoms with Gasteiger partial charge in [0.2, 0.25) is 17.7 Å². The molecule has 3 heterocycles. The van der Waals surface area contributed by atoms with Crippen LogP contribution in [0.4, 0.5) is 0 Å². The Morgan fingerprint density at radius 2 is 2.00 bits per heavy atom. The molecule has 0 aliphatic carbocycles. The number of carbonyl (C=O) groups excluding carboxylic acids is 1. The van der Waals surface area contributed by atoms with Crippen LogP contribution in [0.25, 0.3) is 0 Å². The lowest BCUT2D eigenvalue weighted by Crippen LogP contribution is -2.45. The van der Waals surface area contributed by atoms with Crippen molar-refractivity contribution in [2.45, 2.75) is 25.5 Å². The number of aromatic nitrogens is 3. The van der Waals surface area contributed by atoms with Gasteiger partial charge < -0.3 is 18.9 Å². The third-order valence-corrected chi connectivity index (χ3v) is 3.83. The fraction of sp³-hybridized carbons (Fsp3) is 0.438. The fourth-order valence-corrected chi connectivity index (χ4v) is 2.64. The van der Waals surface area contributed by atoms with Crippen LogP contribution < -0.4 is 9.47 Å². The summed E-state index contributed by atoms with van der Waals surface area (Å²) in [6.07, 6.45) is 5.55. The van der Waals surface area contributed by atoms with E-state index in [1.807, 2.05) is 34.0 Å². The highest BCUT2D eigenvalue weighted by molar-refractivity contribution is 5.76. The summed E-state index contributed by atoms with van der Waals surface area (Å²) in [5.41, 5.74) is 0. The Balaban J connectivity index is 1.55. The molecule has 1 atom stereocenters. The second-order valence-corrected chi connectivity index (χ2v) is 5.49. The number of ether oxygens (including phenoxy) is 2. The number of nitrogens with zero attached hydrogens (tertiary/aromatic N) is 4. The molecule has 3 rings (SSSR count). The van der Waals surface area contributed by atoms with E-state index in [0.717, 1.165) is 19.4 Å². The summed E-state index contributed by atoms with van der Waals surface area (Å²) in [4.78, 5) is 14.2. The first-order chi connectivity index (χ1) is 11.2. The van der Waals surface area contributed by atoms with Gasteiger partial charge in [0.05, 0.1) is 13.7 Å². The number of hydrogen-bond acceptors (Lipinski definition) is 5. The molecule has 2 aromatic heterocycles. The Labute approximate surface area is 134 Å². The van der Waals surface area contributed by atoms with Crippen LogP contribution >= 0.6 is 0 Å². The first-order valence-corrected chi connectivity index (χ1v) is 7.67. The standard InChI is InChI=1S/C16H20N4O3/c1-22-14-6-7-15(18-17-14)23-13-5-4-10-20(11-13)16(21)12-19-8-2-3-9-19/h2-3,6-9,13H,4-5,10-12H2,1H3. The molecule has 1 amide bonds. The first kappa shape index (κ1) is 15.3. The molecule has 7 nitrogen and oxygen atoms in total. The van der Waals surface area contributed by atoms with Gasteiger partial charge in [-0.3, -0.25) is 4.79 Å². The lowest BCUT2D eigenvalue weighted by atomic mass is 10.1. The molecule has 1 saturated heterocycles. The van der Waals surface area contributed by atoms with Crippen molar-refractivity contribution >= 4 is 5.91 Å². The van der Waals surface area contributed by atoms with Crippen molar-refractivity contribution in [2.24, 2.45) is 0 Å². The molecule has 1 aliphatic heterocycles. The van der Waals surface area contributed by atoms with Crippen molar-refractivity contribution in [1.29, 1.82) is 0 Å². The van der Waals surface area contributed by atoms with E-state index in [1.165, 1.54) is 0 Å².